The topological polar surface area (TPSA) is 68.0 Å². The number of carbonyl (C=O) groups excluding carboxylic acids is 1. The lowest BCUT2D eigenvalue weighted by Crippen LogP contribution is -2.34. The quantitative estimate of drug-likeness (QED) is 0.593. The van der Waals surface area contributed by atoms with E-state index >= 15 is 0 Å². The third kappa shape index (κ3) is 3.93. The minimum Gasteiger partial charge on any atom is -0.397 e. The minimum atomic E-state index is -2.61. The van der Waals surface area contributed by atoms with Gasteiger partial charge in [0.2, 0.25) is 0 Å². The monoisotopic (exact) mass is 413 g/mol. The van der Waals surface area contributed by atoms with Gasteiger partial charge < -0.3 is 11.1 Å². The molecule has 4 nitrogen and oxygen atoms in total. The molecule has 0 saturated heterocycles. The molecule has 148 valence electrons. The molecule has 0 atom stereocenters. The van der Waals surface area contributed by atoms with Gasteiger partial charge in [-0.05, 0) is 48.7 Å². The van der Waals surface area contributed by atoms with Crippen molar-refractivity contribution in [1.82, 2.24) is 10.3 Å². The molecule has 0 aliphatic heterocycles. The number of alkyl halides is 2. The van der Waals surface area contributed by atoms with E-state index in [0.717, 1.165) is 30.2 Å². The van der Waals surface area contributed by atoms with Crippen LogP contribution < -0.4 is 11.1 Å². The van der Waals surface area contributed by atoms with Crippen molar-refractivity contribution < 1.29 is 13.6 Å². The molecule has 3 aromatic rings. The summed E-state index contributed by atoms with van der Waals surface area (Å²) in [5, 5.41) is 3.68. The number of nitrogens with two attached hydrogens (primary N) is 1. The largest absolute Gasteiger partial charge is 0.397 e. The first-order chi connectivity index (χ1) is 13.9. The van der Waals surface area contributed by atoms with Gasteiger partial charge in [0.15, 0.2) is 0 Å². The normalized spacial score (nSPS) is 14.6. The van der Waals surface area contributed by atoms with Crippen LogP contribution in [0.4, 0.5) is 14.5 Å². The number of hydrogen-bond acceptors (Lipinski definition) is 3. The summed E-state index contributed by atoms with van der Waals surface area (Å²) in [7, 11) is 0. The molecule has 1 fully saturated rings. The fraction of sp³-hybridized carbons (Fsp3) is 0.182. The fourth-order valence-corrected chi connectivity index (χ4v) is 3.43. The Labute approximate surface area is 171 Å². The predicted molar refractivity (Wildman–Crippen MR) is 109 cm³/mol. The highest BCUT2D eigenvalue weighted by molar-refractivity contribution is 6.30. The summed E-state index contributed by atoms with van der Waals surface area (Å²) >= 11 is 5.88. The second kappa shape index (κ2) is 7.44. The smallest absolute Gasteiger partial charge is 0.265 e. The summed E-state index contributed by atoms with van der Waals surface area (Å²) in [6.45, 7) is 0. The Morgan fingerprint density at radius 1 is 1.10 bits per heavy atom. The molecule has 1 amide bonds. The van der Waals surface area contributed by atoms with Crippen LogP contribution in [0.3, 0.4) is 0 Å². The van der Waals surface area contributed by atoms with Gasteiger partial charge in [-0.3, -0.25) is 9.78 Å². The number of nitrogens with one attached hydrogen (secondary N) is 1. The van der Waals surface area contributed by atoms with Gasteiger partial charge in [0.25, 0.3) is 12.3 Å². The number of anilines is 1. The number of aromatic nitrogens is 1. The molecule has 1 aliphatic carbocycles. The lowest BCUT2D eigenvalue weighted by atomic mass is 10.00. The second-order valence-electron chi connectivity index (χ2n) is 7.13. The van der Waals surface area contributed by atoms with Crippen LogP contribution >= 0.6 is 11.6 Å². The van der Waals surface area contributed by atoms with Gasteiger partial charge in [-0.25, -0.2) is 8.78 Å². The Morgan fingerprint density at radius 3 is 2.31 bits per heavy atom. The Balaban J connectivity index is 1.53. The van der Waals surface area contributed by atoms with E-state index in [9.17, 15) is 13.6 Å². The Kier molecular flexibility index (Phi) is 4.96. The number of benzene rings is 2. The molecule has 1 saturated carbocycles. The van der Waals surface area contributed by atoms with Crippen LogP contribution in [0.2, 0.25) is 5.02 Å². The number of nitrogen functional groups attached to an aromatic ring is 1. The summed E-state index contributed by atoms with van der Waals surface area (Å²) in [4.78, 5) is 16.6. The molecular weight excluding hydrogens is 396 g/mol. The highest BCUT2D eigenvalue weighted by Crippen LogP contribution is 2.46. The standard InChI is InChI=1S/C22H18ClF2N3O/c23-17-7-3-14(4-8-17)21(29)28-22(9-10-22)16-5-1-13(2-6-16)19-18(26)11-15(12-27-19)20(24)25/h1-8,11-12,20H,9-10,26H2,(H,28,29). The first-order valence-corrected chi connectivity index (χ1v) is 9.48. The lowest BCUT2D eigenvalue weighted by Gasteiger charge is -2.19. The SMILES string of the molecule is Nc1cc(C(F)F)cnc1-c1ccc(C2(NC(=O)c3ccc(Cl)cc3)CC2)cc1. The zero-order valence-electron chi connectivity index (χ0n) is 15.3. The molecule has 29 heavy (non-hydrogen) atoms. The minimum absolute atomic E-state index is 0.156. The summed E-state index contributed by atoms with van der Waals surface area (Å²) in [6.07, 6.45) is 0.212. The van der Waals surface area contributed by atoms with Gasteiger partial charge in [0, 0.05) is 27.9 Å². The van der Waals surface area contributed by atoms with E-state index in [1.807, 2.05) is 24.3 Å². The summed E-state index contributed by atoms with van der Waals surface area (Å²) in [5.74, 6) is -0.156. The molecule has 7 heteroatoms. The van der Waals surface area contributed by atoms with Crippen LogP contribution in [-0.2, 0) is 5.54 Å². The Hall–Kier alpha value is -2.99. The molecule has 0 unspecified atom stereocenters. The average molecular weight is 414 g/mol. The molecule has 4 rings (SSSR count). The molecule has 2 aromatic carbocycles. The molecule has 3 N–H and O–H groups in total. The number of amides is 1. The summed E-state index contributed by atoms with van der Waals surface area (Å²) < 4.78 is 25.6. The molecule has 0 radical (unpaired) electrons. The van der Waals surface area contributed by atoms with Crippen LogP contribution in [0.15, 0.2) is 60.8 Å². The maximum Gasteiger partial charge on any atom is 0.265 e. The number of hydrogen-bond donors (Lipinski definition) is 2. The van der Waals surface area contributed by atoms with Crippen LogP contribution in [0, 0.1) is 0 Å². The van der Waals surface area contributed by atoms with Crippen LogP contribution in [-0.4, -0.2) is 10.9 Å². The number of halogens is 3. The van der Waals surface area contributed by atoms with Crippen molar-refractivity contribution in [3.05, 3.63) is 82.5 Å². The third-order valence-corrected chi connectivity index (χ3v) is 5.36. The van der Waals surface area contributed by atoms with E-state index in [2.05, 4.69) is 10.3 Å². The average Bonchev–Trinajstić information content (AvgIpc) is 3.49. The van der Waals surface area contributed by atoms with Gasteiger partial charge in [-0.2, -0.15) is 0 Å². The van der Waals surface area contributed by atoms with E-state index in [0.29, 0.717) is 16.3 Å². The van der Waals surface area contributed by atoms with Crippen LogP contribution in [0.5, 0.6) is 0 Å². The highest BCUT2D eigenvalue weighted by atomic mass is 35.5. The fourth-order valence-electron chi connectivity index (χ4n) is 3.31. The zero-order chi connectivity index (χ0) is 20.6. The number of nitrogens with zero attached hydrogens (tertiary/aromatic N) is 1. The first kappa shape index (κ1) is 19.3. The maximum atomic E-state index is 12.8. The highest BCUT2D eigenvalue weighted by Gasteiger charge is 2.45. The van der Waals surface area contributed by atoms with Gasteiger partial charge in [0.1, 0.15) is 0 Å². The van der Waals surface area contributed by atoms with Crippen molar-refractivity contribution >= 4 is 23.2 Å². The third-order valence-electron chi connectivity index (χ3n) is 5.11. The van der Waals surface area contributed by atoms with Crippen LogP contribution in [0.25, 0.3) is 11.3 Å². The van der Waals surface area contributed by atoms with Crippen molar-refractivity contribution in [1.29, 1.82) is 0 Å². The van der Waals surface area contributed by atoms with Crippen molar-refractivity contribution in [3.8, 4) is 11.3 Å². The molecule has 0 bridgehead atoms. The molecule has 1 aromatic heterocycles. The molecule has 1 heterocycles. The predicted octanol–water partition coefficient (Wildman–Crippen LogP) is 5.34. The maximum absolute atomic E-state index is 12.8. The summed E-state index contributed by atoms with van der Waals surface area (Å²) in [6, 6.07) is 15.5. The van der Waals surface area contributed by atoms with E-state index in [1.165, 1.54) is 6.07 Å². The van der Waals surface area contributed by atoms with Crippen molar-refractivity contribution in [2.24, 2.45) is 0 Å². The van der Waals surface area contributed by atoms with Crippen molar-refractivity contribution in [3.63, 3.8) is 0 Å². The number of carbonyl (C=O) groups is 1. The second-order valence-corrected chi connectivity index (χ2v) is 7.56. The van der Waals surface area contributed by atoms with Gasteiger partial charge in [-0.1, -0.05) is 35.9 Å². The number of pyridine rings is 1. The zero-order valence-corrected chi connectivity index (χ0v) is 16.1. The Morgan fingerprint density at radius 2 is 1.76 bits per heavy atom. The lowest BCUT2D eigenvalue weighted by molar-refractivity contribution is 0.0931. The van der Waals surface area contributed by atoms with Crippen molar-refractivity contribution in [2.75, 3.05) is 5.73 Å². The van der Waals surface area contributed by atoms with Gasteiger partial charge in [-0.15, -0.1) is 0 Å². The first-order valence-electron chi connectivity index (χ1n) is 9.10. The van der Waals surface area contributed by atoms with E-state index in [4.69, 9.17) is 17.3 Å². The van der Waals surface area contributed by atoms with Gasteiger partial charge >= 0.3 is 0 Å². The van der Waals surface area contributed by atoms with Crippen molar-refractivity contribution in [2.45, 2.75) is 24.8 Å². The van der Waals surface area contributed by atoms with E-state index < -0.39 is 12.0 Å². The Bertz CT molecular complexity index is 1050. The van der Waals surface area contributed by atoms with E-state index in [1.54, 1.807) is 24.3 Å². The van der Waals surface area contributed by atoms with Gasteiger partial charge in [0.05, 0.1) is 16.9 Å². The molecular formula is C22H18ClF2N3O. The van der Waals surface area contributed by atoms with E-state index in [-0.39, 0.29) is 17.2 Å². The number of rotatable bonds is 5. The van der Waals surface area contributed by atoms with Crippen LogP contribution in [0.1, 0.15) is 40.8 Å². The molecule has 0 spiro atoms. The molecule has 1 aliphatic rings. The summed E-state index contributed by atoms with van der Waals surface area (Å²) in [5.41, 5.74) is 8.22.